The lowest BCUT2D eigenvalue weighted by Crippen LogP contribution is -2.40. The van der Waals surface area contributed by atoms with Gasteiger partial charge in [0.2, 0.25) is 0 Å². The lowest BCUT2D eigenvalue weighted by molar-refractivity contribution is -0.161. The first kappa shape index (κ1) is 18.7. The van der Waals surface area contributed by atoms with Crippen LogP contribution in [0.15, 0.2) is 29.3 Å². The van der Waals surface area contributed by atoms with Crippen LogP contribution in [-0.4, -0.2) is 23.3 Å². The molecule has 0 aliphatic heterocycles. The van der Waals surface area contributed by atoms with Gasteiger partial charge in [0.15, 0.2) is 5.54 Å². The third kappa shape index (κ3) is 6.18. The highest BCUT2D eigenvalue weighted by Gasteiger charge is 2.37. The number of nitrogens with zero attached hydrogens (tertiary/aromatic N) is 1. The predicted molar refractivity (Wildman–Crippen MR) is 92.8 cm³/mol. The first-order valence-electron chi connectivity index (χ1n) is 7.56. The molecule has 4 heteroatoms. The van der Waals surface area contributed by atoms with Crippen LogP contribution in [0.3, 0.4) is 0 Å². The highest BCUT2D eigenvalue weighted by atomic mass is 35.5. The van der Waals surface area contributed by atoms with Gasteiger partial charge in [-0.05, 0) is 57.7 Å². The van der Waals surface area contributed by atoms with Gasteiger partial charge in [-0.25, -0.2) is 4.79 Å². The Hall–Kier alpha value is -1.35. The average Bonchev–Trinajstić information content (AvgIpc) is 2.35. The standard InChI is InChI=1S/C18H26ClNO2/c1-13(2)11-18(6,16(21)22-17(3,4)5)20-12-14-7-9-15(19)10-8-14/h7-10,12-13H,11H2,1-6H3/t18-/m1/s1. The van der Waals surface area contributed by atoms with E-state index in [1.54, 1.807) is 18.3 Å². The summed E-state index contributed by atoms with van der Waals surface area (Å²) in [4.78, 5) is 17.1. The first-order chi connectivity index (χ1) is 10.0. The van der Waals surface area contributed by atoms with E-state index >= 15 is 0 Å². The maximum absolute atomic E-state index is 12.5. The van der Waals surface area contributed by atoms with Gasteiger partial charge in [-0.1, -0.05) is 37.6 Å². The van der Waals surface area contributed by atoms with Crippen molar-refractivity contribution in [2.24, 2.45) is 10.9 Å². The van der Waals surface area contributed by atoms with Crippen LogP contribution < -0.4 is 0 Å². The van der Waals surface area contributed by atoms with Crippen LogP contribution in [-0.2, 0) is 9.53 Å². The van der Waals surface area contributed by atoms with Crippen molar-refractivity contribution < 1.29 is 9.53 Å². The molecule has 0 bridgehead atoms. The molecule has 0 unspecified atom stereocenters. The molecule has 0 N–H and O–H groups in total. The number of carbonyl (C=O) groups excluding carboxylic acids is 1. The van der Waals surface area contributed by atoms with Crippen LogP contribution >= 0.6 is 11.6 Å². The quantitative estimate of drug-likeness (QED) is 0.570. The largest absolute Gasteiger partial charge is 0.458 e. The topological polar surface area (TPSA) is 38.7 Å². The highest BCUT2D eigenvalue weighted by Crippen LogP contribution is 2.25. The molecule has 1 aromatic carbocycles. The second-order valence-corrected chi connectivity index (χ2v) is 7.62. The van der Waals surface area contributed by atoms with Gasteiger partial charge in [-0.2, -0.15) is 0 Å². The molecular weight excluding hydrogens is 298 g/mol. The van der Waals surface area contributed by atoms with Gasteiger partial charge in [0.25, 0.3) is 0 Å². The average molecular weight is 324 g/mol. The fraction of sp³-hybridized carbons (Fsp3) is 0.556. The van der Waals surface area contributed by atoms with E-state index in [1.165, 1.54) is 0 Å². The maximum atomic E-state index is 12.5. The summed E-state index contributed by atoms with van der Waals surface area (Å²) < 4.78 is 5.54. The molecule has 0 aliphatic rings. The number of ether oxygens (including phenoxy) is 1. The molecule has 1 aromatic rings. The van der Waals surface area contributed by atoms with Gasteiger partial charge in [0, 0.05) is 11.2 Å². The summed E-state index contributed by atoms with van der Waals surface area (Å²) in [6, 6.07) is 7.35. The van der Waals surface area contributed by atoms with E-state index in [4.69, 9.17) is 16.3 Å². The summed E-state index contributed by atoms with van der Waals surface area (Å²) in [6.45, 7) is 11.6. The van der Waals surface area contributed by atoms with Crippen molar-refractivity contribution in [2.75, 3.05) is 0 Å². The summed E-state index contributed by atoms with van der Waals surface area (Å²) in [6.07, 6.45) is 2.34. The first-order valence-corrected chi connectivity index (χ1v) is 7.94. The van der Waals surface area contributed by atoms with Crippen LogP contribution in [0.25, 0.3) is 0 Å². The van der Waals surface area contributed by atoms with Gasteiger partial charge in [-0.3, -0.25) is 4.99 Å². The Balaban J connectivity index is 3.00. The van der Waals surface area contributed by atoms with Crippen molar-refractivity contribution in [2.45, 2.75) is 59.1 Å². The Kier molecular flexibility index (Phi) is 6.18. The zero-order valence-electron chi connectivity index (χ0n) is 14.3. The molecule has 0 radical (unpaired) electrons. The van der Waals surface area contributed by atoms with Crippen LogP contribution in [0.5, 0.6) is 0 Å². The number of halogens is 1. The molecular formula is C18H26ClNO2. The number of aliphatic imine (C=N–C) groups is 1. The third-order valence-electron chi connectivity index (χ3n) is 3.01. The molecule has 0 saturated carbocycles. The molecule has 0 heterocycles. The Morgan fingerprint density at radius 1 is 1.23 bits per heavy atom. The van der Waals surface area contributed by atoms with Gasteiger partial charge in [-0.15, -0.1) is 0 Å². The fourth-order valence-electron chi connectivity index (χ4n) is 2.14. The number of hydrogen-bond donors (Lipinski definition) is 0. The molecule has 122 valence electrons. The van der Waals surface area contributed by atoms with Crippen molar-refractivity contribution in [3.63, 3.8) is 0 Å². The number of esters is 1. The molecule has 22 heavy (non-hydrogen) atoms. The lowest BCUT2D eigenvalue weighted by Gasteiger charge is -2.29. The van der Waals surface area contributed by atoms with E-state index in [2.05, 4.69) is 18.8 Å². The minimum absolute atomic E-state index is 0.293. The Morgan fingerprint density at radius 2 is 1.77 bits per heavy atom. The molecule has 3 nitrogen and oxygen atoms in total. The molecule has 0 aromatic heterocycles. The molecule has 0 fully saturated rings. The summed E-state index contributed by atoms with van der Waals surface area (Å²) in [5.41, 5.74) is -0.505. The number of carbonyl (C=O) groups is 1. The maximum Gasteiger partial charge on any atom is 0.334 e. The van der Waals surface area contributed by atoms with Crippen LogP contribution in [0.2, 0.25) is 5.02 Å². The zero-order chi connectivity index (χ0) is 17.0. The Morgan fingerprint density at radius 3 is 2.23 bits per heavy atom. The molecule has 1 rings (SSSR count). The van der Waals surface area contributed by atoms with Crippen molar-refractivity contribution in [1.29, 1.82) is 0 Å². The molecule has 0 aliphatic carbocycles. The zero-order valence-corrected chi connectivity index (χ0v) is 15.1. The molecule has 0 amide bonds. The van der Waals surface area contributed by atoms with Crippen molar-refractivity contribution in [3.8, 4) is 0 Å². The number of rotatable bonds is 5. The highest BCUT2D eigenvalue weighted by molar-refractivity contribution is 6.30. The summed E-state index contributed by atoms with van der Waals surface area (Å²) in [7, 11) is 0. The number of benzene rings is 1. The normalized spacial score (nSPS) is 15.1. The minimum atomic E-state index is -0.888. The summed E-state index contributed by atoms with van der Waals surface area (Å²) >= 11 is 5.88. The van der Waals surface area contributed by atoms with E-state index in [0.29, 0.717) is 17.4 Å². The van der Waals surface area contributed by atoms with E-state index in [9.17, 15) is 4.79 Å². The number of hydrogen-bond acceptors (Lipinski definition) is 3. The van der Waals surface area contributed by atoms with E-state index < -0.39 is 11.1 Å². The smallest absolute Gasteiger partial charge is 0.334 e. The lowest BCUT2D eigenvalue weighted by atomic mass is 9.91. The van der Waals surface area contributed by atoms with Crippen LogP contribution in [0.4, 0.5) is 0 Å². The van der Waals surface area contributed by atoms with E-state index in [0.717, 1.165) is 5.56 Å². The van der Waals surface area contributed by atoms with Gasteiger partial charge >= 0.3 is 5.97 Å². The Bertz CT molecular complexity index is 529. The van der Waals surface area contributed by atoms with E-state index in [-0.39, 0.29) is 5.97 Å². The SMILES string of the molecule is CC(C)C[C@@](C)(N=Cc1ccc(Cl)cc1)C(=O)OC(C)(C)C. The van der Waals surface area contributed by atoms with Crippen molar-refractivity contribution >= 4 is 23.8 Å². The van der Waals surface area contributed by atoms with Crippen LogP contribution in [0, 0.1) is 5.92 Å². The third-order valence-corrected chi connectivity index (χ3v) is 3.26. The van der Waals surface area contributed by atoms with Gasteiger partial charge in [0.1, 0.15) is 5.60 Å². The van der Waals surface area contributed by atoms with Crippen molar-refractivity contribution in [3.05, 3.63) is 34.9 Å². The van der Waals surface area contributed by atoms with Crippen molar-refractivity contribution in [1.82, 2.24) is 0 Å². The van der Waals surface area contributed by atoms with Gasteiger partial charge in [0.05, 0.1) is 0 Å². The molecule has 0 saturated heterocycles. The fourth-order valence-corrected chi connectivity index (χ4v) is 2.26. The second-order valence-electron chi connectivity index (χ2n) is 7.18. The second kappa shape index (κ2) is 7.28. The molecule has 1 atom stereocenters. The Labute approximate surface area is 138 Å². The molecule has 0 spiro atoms. The predicted octanol–water partition coefficient (Wildman–Crippen LogP) is 4.91. The van der Waals surface area contributed by atoms with Crippen LogP contribution in [0.1, 0.15) is 53.5 Å². The summed E-state index contributed by atoms with van der Waals surface area (Å²) in [5.74, 6) is 0.0406. The van der Waals surface area contributed by atoms with E-state index in [1.807, 2.05) is 39.8 Å². The monoisotopic (exact) mass is 323 g/mol. The minimum Gasteiger partial charge on any atom is -0.458 e. The van der Waals surface area contributed by atoms with Gasteiger partial charge < -0.3 is 4.74 Å². The summed E-state index contributed by atoms with van der Waals surface area (Å²) in [5, 5.41) is 0.675.